The Bertz CT molecular complexity index is 1690. The van der Waals surface area contributed by atoms with E-state index in [9.17, 15) is 9.59 Å². The van der Waals surface area contributed by atoms with Crippen molar-refractivity contribution in [3.8, 4) is 11.5 Å². The van der Waals surface area contributed by atoms with Gasteiger partial charge in [-0.05, 0) is 69.0 Å². The number of para-hydroxylation sites is 2. The molecule has 0 spiro atoms. The van der Waals surface area contributed by atoms with Crippen LogP contribution in [0.15, 0.2) is 77.2 Å². The number of hydrogen-bond acceptors (Lipinski definition) is 8. The third-order valence-corrected chi connectivity index (χ3v) is 8.56. The van der Waals surface area contributed by atoms with Crippen LogP contribution < -0.4 is 14.8 Å². The average Bonchev–Trinajstić information content (AvgIpc) is 3.52. The number of amides is 2. The van der Waals surface area contributed by atoms with E-state index in [-0.39, 0.29) is 30.6 Å². The molecule has 2 amide bonds. The van der Waals surface area contributed by atoms with E-state index in [4.69, 9.17) is 28.1 Å². The van der Waals surface area contributed by atoms with Gasteiger partial charge in [0.05, 0.1) is 39.6 Å². The van der Waals surface area contributed by atoms with Crippen molar-refractivity contribution in [3.63, 3.8) is 0 Å². The van der Waals surface area contributed by atoms with Gasteiger partial charge in [-0.1, -0.05) is 48.5 Å². The summed E-state index contributed by atoms with van der Waals surface area (Å²) in [6.45, 7) is 10.5. The summed E-state index contributed by atoms with van der Waals surface area (Å²) < 4.78 is 35.7. The molecule has 1 aromatic heterocycles. The van der Waals surface area contributed by atoms with Gasteiger partial charge in [0.1, 0.15) is 35.1 Å². The molecule has 3 aromatic carbocycles. The zero-order valence-corrected chi connectivity index (χ0v) is 29.9. The molecular weight excluding hydrogens is 636 g/mol. The molecule has 1 aliphatic heterocycles. The smallest absolute Gasteiger partial charge is 0.410 e. The number of nitrogens with one attached hydrogen (secondary N) is 1. The van der Waals surface area contributed by atoms with Gasteiger partial charge in [0.2, 0.25) is 5.91 Å². The van der Waals surface area contributed by atoms with E-state index in [0.717, 1.165) is 52.0 Å². The first-order valence-electron chi connectivity index (χ1n) is 17.4. The van der Waals surface area contributed by atoms with Crippen LogP contribution in [0.1, 0.15) is 68.9 Å². The first kappa shape index (κ1) is 36.7. The van der Waals surface area contributed by atoms with Crippen molar-refractivity contribution in [2.45, 2.75) is 77.8 Å². The molecule has 10 nitrogen and oxygen atoms in total. The molecule has 0 radical (unpaired) electrons. The molecule has 2 heterocycles. The molecule has 1 saturated heterocycles. The lowest BCUT2D eigenvalue weighted by molar-refractivity contribution is -0.118. The summed E-state index contributed by atoms with van der Waals surface area (Å²) in [4.78, 5) is 26.1. The van der Waals surface area contributed by atoms with Crippen molar-refractivity contribution in [3.05, 3.63) is 95.2 Å². The number of nitrogens with zero attached hydrogens (tertiary/aromatic N) is 1. The molecule has 1 fully saturated rings. The van der Waals surface area contributed by atoms with Crippen LogP contribution in [-0.4, -0.2) is 68.6 Å². The molecule has 1 aliphatic rings. The van der Waals surface area contributed by atoms with Crippen LogP contribution in [-0.2, 0) is 38.6 Å². The minimum Gasteiger partial charge on any atom is -0.496 e. The van der Waals surface area contributed by atoms with Crippen molar-refractivity contribution in [2.24, 2.45) is 0 Å². The second-order valence-electron chi connectivity index (χ2n) is 13.6. The van der Waals surface area contributed by atoms with Crippen LogP contribution in [0.25, 0.3) is 11.0 Å². The van der Waals surface area contributed by atoms with Crippen molar-refractivity contribution in [1.82, 2.24) is 10.2 Å². The summed E-state index contributed by atoms with van der Waals surface area (Å²) in [6.07, 6.45) is 1.52. The van der Waals surface area contributed by atoms with Gasteiger partial charge in [0, 0.05) is 43.3 Å². The monoisotopic (exact) mass is 686 g/mol. The van der Waals surface area contributed by atoms with Crippen LogP contribution in [0.4, 0.5) is 4.79 Å². The number of furan rings is 1. The largest absolute Gasteiger partial charge is 0.496 e. The fourth-order valence-electron chi connectivity index (χ4n) is 6.13. The second-order valence-corrected chi connectivity index (χ2v) is 13.6. The summed E-state index contributed by atoms with van der Waals surface area (Å²) in [5, 5.41) is 3.83. The number of benzene rings is 3. The fourth-order valence-corrected chi connectivity index (χ4v) is 6.13. The van der Waals surface area contributed by atoms with Gasteiger partial charge in [-0.15, -0.1) is 0 Å². The van der Waals surface area contributed by atoms with Gasteiger partial charge in [-0.3, -0.25) is 4.79 Å². The van der Waals surface area contributed by atoms with Gasteiger partial charge in [-0.25, -0.2) is 4.79 Å². The number of methoxy groups -OCH3 is 1. The molecule has 2 atom stereocenters. The highest BCUT2D eigenvalue weighted by molar-refractivity contribution is 5.81. The Morgan fingerprint density at radius 3 is 2.50 bits per heavy atom. The number of likely N-dealkylation sites (tertiary alicyclic amines) is 1. The zero-order chi connectivity index (χ0) is 35.5. The molecule has 10 heteroatoms. The van der Waals surface area contributed by atoms with Crippen molar-refractivity contribution >= 4 is 23.0 Å². The number of fused-ring (bicyclic) bond motifs is 1. The summed E-state index contributed by atoms with van der Waals surface area (Å²) >= 11 is 0. The summed E-state index contributed by atoms with van der Waals surface area (Å²) in [5.41, 5.74) is 3.37. The quantitative estimate of drug-likeness (QED) is 0.129. The van der Waals surface area contributed by atoms with Crippen LogP contribution >= 0.6 is 0 Å². The number of piperidine rings is 1. The lowest BCUT2D eigenvalue weighted by Gasteiger charge is -2.39. The van der Waals surface area contributed by atoms with Crippen molar-refractivity contribution < 1.29 is 37.7 Å². The van der Waals surface area contributed by atoms with Crippen LogP contribution in [0, 0.1) is 0 Å². The number of carbonyl (C=O) groups is 2. The fraction of sp³-hybridized carbons (Fsp3) is 0.450. The van der Waals surface area contributed by atoms with E-state index in [2.05, 4.69) is 17.4 Å². The Balaban J connectivity index is 1.19. The topological polar surface area (TPSA) is 109 Å². The summed E-state index contributed by atoms with van der Waals surface area (Å²) in [7, 11) is 1.66. The Morgan fingerprint density at radius 2 is 1.74 bits per heavy atom. The highest BCUT2D eigenvalue weighted by Gasteiger charge is 2.35. The maximum atomic E-state index is 13.0. The summed E-state index contributed by atoms with van der Waals surface area (Å²) in [5.74, 6) is 2.32. The Hall–Kier alpha value is -4.54. The van der Waals surface area contributed by atoms with E-state index in [0.29, 0.717) is 51.6 Å². The minimum atomic E-state index is -0.590. The molecule has 0 aliphatic carbocycles. The van der Waals surface area contributed by atoms with E-state index >= 15 is 0 Å². The van der Waals surface area contributed by atoms with Crippen molar-refractivity contribution in [2.75, 3.05) is 40.0 Å². The van der Waals surface area contributed by atoms with Crippen LogP contribution in [0.2, 0.25) is 0 Å². The van der Waals surface area contributed by atoms with E-state index in [1.54, 1.807) is 12.0 Å². The van der Waals surface area contributed by atoms with Gasteiger partial charge in [0.15, 0.2) is 0 Å². The van der Waals surface area contributed by atoms with E-state index < -0.39 is 5.60 Å². The first-order chi connectivity index (χ1) is 24.1. The first-order valence-corrected chi connectivity index (χ1v) is 17.4. The van der Waals surface area contributed by atoms with Crippen LogP contribution in [0.5, 0.6) is 11.5 Å². The van der Waals surface area contributed by atoms with Crippen LogP contribution in [0.3, 0.4) is 0 Å². The van der Waals surface area contributed by atoms with Gasteiger partial charge in [0.25, 0.3) is 0 Å². The third kappa shape index (κ3) is 10.5. The number of rotatable bonds is 15. The highest BCUT2D eigenvalue weighted by Crippen LogP contribution is 2.34. The number of hydrogen-bond donors (Lipinski definition) is 1. The molecule has 50 heavy (non-hydrogen) atoms. The Kier molecular flexibility index (Phi) is 12.8. The zero-order valence-electron chi connectivity index (χ0n) is 29.9. The van der Waals surface area contributed by atoms with Crippen molar-refractivity contribution in [1.29, 1.82) is 0 Å². The molecule has 2 unspecified atom stereocenters. The number of ether oxygens (including phenoxy) is 5. The summed E-state index contributed by atoms with van der Waals surface area (Å²) in [6, 6.07) is 24.0. The molecule has 5 rings (SSSR count). The molecular formula is C40H50N2O8. The van der Waals surface area contributed by atoms with Gasteiger partial charge < -0.3 is 38.3 Å². The molecule has 0 saturated carbocycles. The molecule has 4 aromatic rings. The Morgan fingerprint density at radius 1 is 0.960 bits per heavy atom. The SMILES string of the molecule is COc1ccccc1COCCCOc1ccc(C2CCN(C(=O)OC(C)(C)C)CC2OCc2cc3cccc(CCNC(C)=O)c3o2)cc1. The minimum absolute atomic E-state index is 0.0579. The van der Waals surface area contributed by atoms with Gasteiger partial charge >= 0.3 is 6.09 Å². The van der Waals surface area contributed by atoms with E-state index in [1.807, 2.05) is 81.4 Å². The third-order valence-electron chi connectivity index (χ3n) is 8.56. The average molecular weight is 687 g/mol. The van der Waals surface area contributed by atoms with Gasteiger partial charge in [-0.2, -0.15) is 0 Å². The lowest BCUT2D eigenvalue weighted by Crippen LogP contribution is -2.48. The molecule has 0 bridgehead atoms. The number of carbonyl (C=O) groups excluding carboxylic acids is 2. The molecule has 268 valence electrons. The lowest BCUT2D eigenvalue weighted by atomic mass is 9.87. The standard InChI is InChI=1S/C40H50N2O8/c1-28(43)41-20-18-30-11-8-12-31-24-34(49-38(30)31)27-48-37-25-42(39(44)50-40(2,3)4)21-19-35(37)29-14-16-33(17-15-29)47-23-9-22-46-26-32-10-6-7-13-36(32)45-5/h6-8,10-17,24,35,37H,9,18-23,25-27H2,1-5H3,(H,41,43). The maximum Gasteiger partial charge on any atom is 0.410 e. The Labute approximate surface area is 295 Å². The normalized spacial score (nSPS) is 16.3. The maximum absolute atomic E-state index is 13.0. The predicted molar refractivity (Wildman–Crippen MR) is 192 cm³/mol. The van der Waals surface area contributed by atoms with E-state index in [1.165, 1.54) is 6.92 Å². The highest BCUT2D eigenvalue weighted by atomic mass is 16.6. The second kappa shape index (κ2) is 17.4. The predicted octanol–water partition coefficient (Wildman–Crippen LogP) is 7.42. The molecule has 1 N–H and O–H groups in total.